The number of hydrogen-bond acceptors (Lipinski definition) is 5. The molecule has 1 heterocycles. The number of halogens is 1. The lowest BCUT2D eigenvalue weighted by Crippen LogP contribution is -2.19. The largest absolute Gasteiger partial charge is 0.872 e. The molecule has 0 saturated heterocycles. The number of rotatable bonds is 5. The first-order valence-corrected chi connectivity index (χ1v) is 8.06. The molecule has 8 heteroatoms. The van der Waals surface area contributed by atoms with Gasteiger partial charge >= 0.3 is 5.97 Å². The SMILES string of the molecule is O=C(N/N=C\c1ccc(-c2ccc(Cl)c(C(=O)O)c2)o1)c1ccccc1[O-]. The number of carboxylic acid groups (broad SMARTS) is 1. The summed E-state index contributed by atoms with van der Waals surface area (Å²) < 4.78 is 5.56. The Balaban J connectivity index is 1.72. The molecule has 0 aliphatic heterocycles. The maximum Gasteiger partial charge on any atom is 0.337 e. The van der Waals surface area contributed by atoms with Gasteiger partial charge in [-0.1, -0.05) is 41.6 Å². The molecule has 0 saturated carbocycles. The van der Waals surface area contributed by atoms with Crippen molar-refractivity contribution in [1.29, 1.82) is 0 Å². The third kappa shape index (κ3) is 4.16. The number of para-hydroxylation sites is 1. The van der Waals surface area contributed by atoms with Gasteiger partial charge in [-0.05, 0) is 30.3 Å². The summed E-state index contributed by atoms with van der Waals surface area (Å²) >= 11 is 5.85. The van der Waals surface area contributed by atoms with E-state index in [2.05, 4.69) is 10.5 Å². The van der Waals surface area contributed by atoms with E-state index in [1.807, 2.05) is 0 Å². The lowest BCUT2D eigenvalue weighted by molar-refractivity contribution is -0.268. The minimum Gasteiger partial charge on any atom is -0.872 e. The summed E-state index contributed by atoms with van der Waals surface area (Å²) in [6.45, 7) is 0. The van der Waals surface area contributed by atoms with Gasteiger partial charge in [0.05, 0.1) is 16.8 Å². The highest BCUT2D eigenvalue weighted by molar-refractivity contribution is 6.33. The van der Waals surface area contributed by atoms with Crippen molar-refractivity contribution in [3.63, 3.8) is 0 Å². The maximum absolute atomic E-state index is 11.9. The van der Waals surface area contributed by atoms with E-state index in [4.69, 9.17) is 21.1 Å². The fourth-order valence-corrected chi connectivity index (χ4v) is 2.49. The van der Waals surface area contributed by atoms with Crippen molar-refractivity contribution >= 4 is 29.7 Å². The van der Waals surface area contributed by atoms with E-state index in [-0.39, 0.29) is 16.1 Å². The fraction of sp³-hybridized carbons (Fsp3) is 0. The highest BCUT2D eigenvalue weighted by Crippen LogP contribution is 2.26. The lowest BCUT2D eigenvalue weighted by Gasteiger charge is -2.10. The Morgan fingerprint density at radius 1 is 1.11 bits per heavy atom. The smallest absolute Gasteiger partial charge is 0.337 e. The normalized spacial score (nSPS) is 10.9. The molecule has 1 aromatic heterocycles. The molecule has 0 aliphatic carbocycles. The van der Waals surface area contributed by atoms with Crippen LogP contribution >= 0.6 is 11.6 Å². The standard InChI is InChI=1S/C19H13ClN2O5/c20-15-7-5-11(9-14(15)19(25)26)17-8-6-12(27-17)10-21-22-18(24)13-3-1-2-4-16(13)23/h1-10,23H,(H,22,24)(H,25,26)/p-1/b21-10-. The molecule has 0 unspecified atom stereocenters. The molecule has 2 aromatic carbocycles. The number of amides is 1. The topological polar surface area (TPSA) is 115 Å². The number of carbonyl (C=O) groups is 2. The van der Waals surface area contributed by atoms with Crippen molar-refractivity contribution in [3.05, 3.63) is 76.5 Å². The average molecular weight is 384 g/mol. The van der Waals surface area contributed by atoms with Crippen molar-refractivity contribution in [2.24, 2.45) is 5.10 Å². The number of hydrazone groups is 1. The van der Waals surface area contributed by atoms with Crippen LogP contribution in [0.3, 0.4) is 0 Å². The predicted octanol–water partition coefficient (Wildman–Crippen LogP) is 3.14. The van der Waals surface area contributed by atoms with Gasteiger partial charge in [0, 0.05) is 11.1 Å². The molecule has 1 amide bonds. The first-order valence-electron chi connectivity index (χ1n) is 7.68. The average Bonchev–Trinajstić information content (AvgIpc) is 3.11. The minimum absolute atomic E-state index is 0.0165. The second kappa shape index (κ2) is 7.76. The Morgan fingerprint density at radius 3 is 2.63 bits per heavy atom. The fourth-order valence-electron chi connectivity index (χ4n) is 2.29. The number of nitrogens with zero attached hydrogens (tertiary/aromatic N) is 1. The quantitative estimate of drug-likeness (QED) is 0.518. The second-order valence-corrected chi connectivity index (χ2v) is 5.80. The molecular formula is C19H12ClN2O5-. The van der Waals surface area contributed by atoms with Gasteiger partial charge in [-0.15, -0.1) is 0 Å². The number of carbonyl (C=O) groups excluding carboxylic acids is 1. The minimum atomic E-state index is -1.14. The zero-order valence-corrected chi connectivity index (χ0v) is 14.4. The Morgan fingerprint density at radius 2 is 1.89 bits per heavy atom. The molecule has 7 nitrogen and oxygen atoms in total. The van der Waals surface area contributed by atoms with Crippen LogP contribution in [0.15, 0.2) is 64.1 Å². The van der Waals surface area contributed by atoms with Crippen molar-refractivity contribution in [2.45, 2.75) is 0 Å². The number of furan rings is 1. The first kappa shape index (κ1) is 18.2. The molecule has 0 fully saturated rings. The van der Waals surface area contributed by atoms with E-state index >= 15 is 0 Å². The number of hydrogen-bond donors (Lipinski definition) is 2. The zero-order valence-electron chi connectivity index (χ0n) is 13.7. The van der Waals surface area contributed by atoms with Gasteiger partial charge in [-0.3, -0.25) is 4.79 Å². The maximum atomic E-state index is 11.9. The lowest BCUT2D eigenvalue weighted by atomic mass is 10.1. The van der Waals surface area contributed by atoms with E-state index < -0.39 is 17.6 Å². The summed E-state index contributed by atoms with van der Waals surface area (Å²) in [7, 11) is 0. The molecule has 0 bridgehead atoms. The van der Waals surface area contributed by atoms with Crippen LogP contribution in [0.4, 0.5) is 0 Å². The first-order chi connectivity index (χ1) is 13.0. The summed E-state index contributed by atoms with van der Waals surface area (Å²) in [5, 5.41) is 24.6. The Kier molecular flexibility index (Phi) is 5.23. The Bertz CT molecular complexity index is 1040. The van der Waals surface area contributed by atoms with Gasteiger partial charge in [0.25, 0.3) is 5.91 Å². The van der Waals surface area contributed by atoms with E-state index in [0.29, 0.717) is 17.1 Å². The van der Waals surface area contributed by atoms with Crippen LogP contribution in [0.1, 0.15) is 26.5 Å². The Labute approximate surface area is 158 Å². The molecule has 0 atom stereocenters. The number of aromatic carboxylic acids is 1. The summed E-state index contributed by atoms with van der Waals surface area (Å²) in [5.41, 5.74) is 2.72. The van der Waals surface area contributed by atoms with Gasteiger partial charge < -0.3 is 14.6 Å². The summed E-state index contributed by atoms with van der Waals surface area (Å²) in [4.78, 5) is 23.0. The summed E-state index contributed by atoms with van der Waals surface area (Å²) in [5.74, 6) is -1.44. The van der Waals surface area contributed by atoms with Crippen LogP contribution in [0.5, 0.6) is 5.75 Å². The monoisotopic (exact) mass is 383 g/mol. The van der Waals surface area contributed by atoms with E-state index in [9.17, 15) is 14.7 Å². The molecule has 27 heavy (non-hydrogen) atoms. The molecule has 3 aromatic rings. The Hall–Kier alpha value is -3.58. The van der Waals surface area contributed by atoms with Crippen LogP contribution in [0.2, 0.25) is 5.02 Å². The molecule has 0 spiro atoms. The van der Waals surface area contributed by atoms with Crippen molar-refractivity contribution in [3.8, 4) is 17.1 Å². The molecule has 2 N–H and O–H groups in total. The summed E-state index contributed by atoms with van der Waals surface area (Å²) in [6.07, 6.45) is 1.27. The van der Waals surface area contributed by atoms with Crippen LogP contribution in [-0.2, 0) is 0 Å². The highest BCUT2D eigenvalue weighted by Gasteiger charge is 2.12. The van der Waals surface area contributed by atoms with Crippen LogP contribution < -0.4 is 10.5 Å². The zero-order chi connectivity index (χ0) is 19.4. The van der Waals surface area contributed by atoms with E-state index in [0.717, 1.165) is 0 Å². The van der Waals surface area contributed by atoms with E-state index in [1.165, 1.54) is 30.5 Å². The predicted molar refractivity (Wildman–Crippen MR) is 97.1 cm³/mol. The van der Waals surface area contributed by atoms with Crippen molar-refractivity contribution < 1.29 is 24.2 Å². The molecule has 0 radical (unpaired) electrons. The van der Waals surface area contributed by atoms with Crippen molar-refractivity contribution in [1.82, 2.24) is 5.43 Å². The van der Waals surface area contributed by atoms with Gasteiger partial charge in [0.1, 0.15) is 11.5 Å². The van der Waals surface area contributed by atoms with Crippen LogP contribution in [0, 0.1) is 0 Å². The molecule has 0 aliphatic rings. The number of carboxylic acids is 1. The molecule has 136 valence electrons. The van der Waals surface area contributed by atoms with Crippen molar-refractivity contribution in [2.75, 3.05) is 0 Å². The van der Waals surface area contributed by atoms with Gasteiger partial charge in [-0.2, -0.15) is 5.10 Å². The highest BCUT2D eigenvalue weighted by atomic mass is 35.5. The van der Waals surface area contributed by atoms with Gasteiger partial charge in [0.15, 0.2) is 0 Å². The number of nitrogens with one attached hydrogen (secondary N) is 1. The van der Waals surface area contributed by atoms with Crippen LogP contribution in [0.25, 0.3) is 11.3 Å². The molecular weight excluding hydrogens is 372 g/mol. The third-order valence-electron chi connectivity index (χ3n) is 3.60. The van der Waals surface area contributed by atoms with Gasteiger partial charge in [0.2, 0.25) is 0 Å². The third-order valence-corrected chi connectivity index (χ3v) is 3.93. The van der Waals surface area contributed by atoms with E-state index in [1.54, 1.807) is 30.3 Å². The summed E-state index contributed by atoms with van der Waals surface area (Å²) in [6, 6.07) is 13.5. The second-order valence-electron chi connectivity index (χ2n) is 5.40. The molecule has 3 rings (SSSR count). The van der Waals surface area contributed by atoms with Gasteiger partial charge in [-0.25, -0.2) is 10.2 Å². The number of benzene rings is 2. The van der Waals surface area contributed by atoms with Crippen LogP contribution in [-0.4, -0.2) is 23.2 Å².